The Morgan fingerprint density at radius 3 is 2.33 bits per heavy atom. The number of benzene rings is 2. The highest BCUT2D eigenvalue weighted by molar-refractivity contribution is 5.86. The summed E-state index contributed by atoms with van der Waals surface area (Å²) in [5.41, 5.74) is 0.601. The zero-order valence-electron chi connectivity index (χ0n) is 18.2. The number of nitrogens with zero attached hydrogens (tertiary/aromatic N) is 4. The smallest absolute Gasteiger partial charge is 0.422 e. The molecule has 0 unspecified atom stereocenters. The number of imidazole rings is 1. The van der Waals surface area contributed by atoms with Crippen molar-refractivity contribution in [1.29, 1.82) is 0 Å². The summed E-state index contributed by atoms with van der Waals surface area (Å²) in [6, 6.07) is 12.4. The van der Waals surface area contributed by atoms with Crippen LogP contribution in [0.15, 0.2) is 53.3 Å². The lowest BCUT2D eigenvalue weighted by molar-refractivity contribution is -0.137. The van der Waals surface area contributed by atoms with E-state index in [1.54, 1.807) is 35.8 Å². The summed E-state index contributed by atoms with van der Waals surface area (Å²) in [6.45, 7) is 5.29. The summed E-state index contributed by atoms with van der Waals surface area (Å²) in [7, 11) is 0. The number of carbonyl (C=O) groups excluding carboxylic acids is 1. The second-order valence-electron chi connectivity index (χ2n) is 7.83. The van der Waals surface area contributed by atoms with Crippen molar-refractivity contribution in [2.45, 2.75) is 19.6 Å². The molecule has 0 saturated carbocycles. The summed E-state index contributed by atoms with van der Waals surface area (Å²) >= 11 is 0. The van der Waals surface area contributed by atoms with Crippen molar-refractivity contribution in [3.05, 3.63) is 64.6 Å². The number of halogens is 3. The number of para-hydroxylation sites is 2. The predicted octanol–water partition coefficient (Wildman–Crippen LogP) is 3.65. The molecule has 1 aliphatic rings. The zero-order chi connectivity index (χ0) is 23.6. The standard InChI is InChI=1S/C23H25F3N4O3/c1-2-33-22(32)30-20-9-4-3-8-19(20)29(21(30)31)15-12-27-10-13-28(14-11-27)18-7-5-6-17(16-18)23(24,25)26/h3-9,16H,2,10-15H2,1H3. The largest absolute Gasteiger partial charge is 0.449 e. The van der Waals surface area contributed by atoms with Gasteiger partial charge in [-0.1, -0.05) is 18.2 Å². The summed E-state index contributed by atoms with van der Waals surface area (Å²) in [5, 5.41) is 0. The van der Waals surface area contributed by atoms with Crippen LogP contribution in [0.2, 0.25) is 0 Å². The van der Waals surface area contributed by atoms with Gasteiger partial charge in [0.1, 0.15) is 0 Å². The summed E-state index contributed by atoms with van der Waals surface area (Å²) < 4.78 is 46.7. The van der Waals surface area contributed by atoms with Crippen LogP contribution in [0.3, 0.4) is 0 Å². The Balaban J connectivity index is 1.43. The van der Waals surface area contributed by atoms with Crippen molar-refractivity contribution < 1.29 is 22.7 Å². The lowest BCUT2D eigenvalue weighted by Gasteiger charge is -2.36. The maximum Gasteiger partial charge on any atom is 0.422 e. The fourth-order valence-corrected chi connectivity index (χ4v) is 4.14. The number of alkyl halides is 3. The molecule has 0 radical (unpaired) electrons. The summed E-state index contributed by atoms with van der Waals surface area (Å²) in [5.74, 6) is 0. The monoisotopic (exact) mass is 462 g/mol. The number of rotatable bonds is 5. The molecule has 2 heterocycles. The average Bonchev–Trinajstić information content (AvgIpc) is 3.09. The highest BCUT2D eigenvalue weighted by atomic mass is 19.4. The number of piperazine rings is 1. The number of fused-ring (bicyclic) bond motifs is 1. The molecular weight excluding hydrogens is 437 g/mol. The fourth-order valence-electron chi connectivity index (χ4n) is 4.14. The van der Waals surface area contributed by atoms with Gasteiger partial charge in [-0.3, -0.25) is 9.47 Å². The average molecular weight is 462 g/mol. The van der Waals surface area contributed by atoms with Crippen LogP contribution in [0.25, 0.3) is 11.0 Å². The lowest BCUT2D eigenvalue weighted by atomic mass is 10.1. The van der Waals surface area contributed by atoms with Gasteiger partial charge in [-0.15, -0.1) is 0 Å². The Morgan fingerprint density at radius 1 is 0.970 bits per heavy atom. The second kappa shape index (κ2) is 9.30. The Bertz CT molecular complexity index is 1190. The van der Waals surface area contributed by atoms with Crippen LogP contribution in [0.5, 0.6) is 0 Å². The van der Waals surface area contributed by atoms with Crippen LogP contribution >= 0.6 is 0 Å². The molecule has 0 N–H and O–H groups in total. The van der Waals surface area contributed by atoms with E-state index in [0.717, 1.165) is 10.6 Å². The van der Waals surface area contributed by atoms with Crippen LogP contribution in [0, 0.1) is 0 Å². The van der Waals surface area contributed by atoms with Crippen LogP contribution < -0.4 is 10.6 Å². The summed E-state index contributed by atoms with van der Waals surface area (Å²) in [4.78, 5) is 29.3. The Morgan fingerprint density at radius 2 is 1.67 bits per heavy atom. The van der Waals surface area contributed by atoms with E-state index in [0.29, 0.717) is 56.0 Å². The molecule has 0 amide bonds. The Labute approximate surface area is 188 Å². The molecule has 176 valence electrons. The van der Waals surface area contributed by atoms with Crippen LogP contribution in [0.4, 0.5) is 23.7 Å². The first-order chi connectivity index (χ1) is 15.8. The van der Waals surface area contributed by atoms with E-state index >= 15 is 0 Å². The van der Waals surface area contributed by atoms with Crippen LogP contribution in [-0.4, -0.2) is 59.5 Å². The predicted molar refractivity (Wildman–Crippen MR) is 119 cm³/mol. The van der Waals surface area contributed by atoms with Crippen LogP contribution in [-0.2, 0) is 17.5 Å². The van der Waals surface area contributed by atoms with Gasteiger partial charge in [-0.2, -0.15) is 17.7 Å². The number of hydrogen-bond acceptors (Lipinski definition) is 5. The van der Waals surface area contributed by atoms with Gasteiger partial charge in [0.25, 0.3) is 0 Å². The molecule has 7 nitrogen and oxygen atoms in total. The van der Waals surface area contributed by atoms with E-state index in [1.807, 2.05) is 11.0 Å². The third kappa shape index (κ3) is 4.75. The highest BCUT2D eigenvalue weighted by Crippen LogP contribution is 2.31. The topological polar surface area (TPSA) is 59.7 Å². The molecule has 1 aliphatic heterocycles. The zero-order valence-corrected chi connectivity index (χ0v) is 18.2. The highest BCUT2D eigenvalue weighted by Gasteiger charge is 2.31. The van der Waals surface area contributed by atoms with Gasteiger partial charge in [0.15, 0.2) is 0 Å². The third-order valence-electron chi connectivity index (χ3n) is 5.84. The molecule has 0 spiro atoms. The minimum atomic E-state index is -4.37. The van der Waals surface area contributed by atoms with Crippen molar-refractivity contribution in [3.63, 3.8) is 0 Å². The lowest BCUT2D eigenvalue weighted by Crippen LogP contribution is -2.47. The molecule has 0 atom stereocenters. The van der Waals surface area contributed by atoms with Gasteiger partial charge in [-0.05, 0) is 37.3 Å². The molecule has 0 aliphatic carbocycles. The number of carbonyl (C=O) groups is 1. The van der Waals surface area contributed by atoms with Crippen molar-refractivity contribution in [1.82, 2.24) is 14.0 Å². The van der Waals surface area contributed by atoms with E-state index in [2.05, 4.69) is 4.90 Å². The SMILES string of the molecule is CCOC(=O)n1c(=O)n(CCN2CCN(c3cccc(C(F)(F)F)c3)CC2)c2ccccc21. The van der Waals surface area contributed by atoms with Crippen molar-refractivity contribution >= 4 is 22.8 Å². The summed E-state index contributed by atoms with van der Waals surface area (Å²) in [6.07, 6.45) is -5.07. The molecule has 1 saturated heterocycles. The minimum Gasteiger partial charge on any atom is -0.449 e. The molecule has 10 heteroatoms. The fraction of sp³-hybridized carbons (Fsp3) is 0.391. The minimum absolute atomic E-state index is 0.168. The molecule has 2 aromatic carbocycles. The number of ether oxygens (including phenoxy) is 1. The van der Waals surface area contributed by atoms with Gasteiger partial charge in [0, 0.05) is 45.0 Å². The van der Waals surface area contributed by atoms with E-state index in [-0.39, 0.29) is 6.61 Å². The molecule has 1 fully saturated rings. The number of anilines is 1. The Hall–Kier alpha value is -3.27. The maximum atomic E-state index is 13.0. The first kappa shape index (κ1) is 22.9. The molecule has 33 heavy (non-hydrogen) atoms. The van der Waals surface area contributed by atoms with Crippen molar-refractivity contribution in [2.24, 2.45) is 0 Å². The first-order valence-electron chi connectivity index (χ1n) is 10.8. The molecule has 0 bridgehead atoms. The molecular formula is C23H25F3N4O3. The van der Waals surface area contributed by atoms with E-state index in [9.17, 15) is 22.8 Å². The number of aromatic nitrogens is 2. The Kier molecular flexibility index (Phi) is 6.46. The molecule has 3 aromatic rings. The van der Waals surface area contributed by atoms with Crippen molar-refractivity contribution in [2.75, 3.05) is 44.2 Å². The van der Waals surface area contributed by atoms with Gasteiger partial charge in [0.2, 0.25) is 0 Å². The molecule has 4 rings (SSSR count). The molecule has 1 aromatic heterocycles. The van der Waals surface area contributed by atoms with E-state index < -0.39 is 23.5 Å². The quantitative estimate of drug-likeness (QED) is 0.580. The van der Waals surface area contributed by atoms with Gasteiger partial charge in [-0.25, -0.2) is 9.59 Å². The number of hydrogen-bond donors (Lipinski definition) is 0. The van der Waals surface area contributed by atoms with Gasteiger partial charge in [0.05, 0.1) is 23.2 Å². The van der Waals surface area contributed by atoms with Crippen molar-refractivity contribution in [3.8, 4) is 0 Å². The normalized spacial score (nSPS) is 15.2. The van der Waals surface area contributed by atoms with E-state index in [1.165, 1.54) is 12.1 Å². The maximum absolute atomic E-state index is 13.0. The van der Waals surface area contributed by atoms with Gasteiger partial charge < -0.3 is 9.64 Å². The second-order valence-corrected chi connectivity index (χ2v) is 7.83. The van der Waals surface area contributed by atoms with Crippen LogP contribution in [0.1, 0.15) is 12.5 Å². The van der Waals surface area contributed by atoms with Gasteiger partial charge >= 0.3 is 18.0 Å². The van der Waals surface area contributed by atoms with E-state index in [4.69, 9.17) is 4.74 Å². The third-order valence-corrected chi connectivity index (χ3v) is 5.84. The first-order valence-corrected chi connectivity index (χ1v) is 10.8.